The lowest BCUT2D eigenvalue weighted by Gasteiger charge is -2.28. The van der Waals surface area contributed by atoms with E-state index < -0.39 is 15.6 Å². The van der Waals surface area contributed by atoms with Crippen molar-refractivity contribution in [2.45, 2.75) is 31.8 Å². The zero-order valence-electron chi connectivity index (χ0n) is 10.9. The molecule has 0 aliphatic heterocycles. The molecule has 2 N–H and O–H groups in total. The van der Waals surface area contributed by atoms with Gasteiger partial charge in [0.25, 0.3) is 0 Å². The van der Waals surface area contributed by atoms with Gasteiger partial charge in [-0.2, -0.15) is 0 Å². The van der Waals surface area contributed by atoms with E-state index in [9.17, 15) is 13.5 Å². The number of sulfonamides is 1. The summed E-state index contributed by atoms with van der Waals surface area (Å²) in [6, 6.07) is 0. The minimum atomic E-state index is -3.24. The van der Waals surface area contributed by atoms with Gasteiger partial charge in [0.1, 0.15) is 0 Å². The Morgan fingerprint density at radius 3 is 2.41 bits per heavy atom. The number of nitrogens with zero attached hydrogens (tertiary/aromatic N) is 1. The van der Waals surface area contributed by atoms with Gasteiger partial charge in [-0.15, -0.1) is 0 Å². The molecule has 1 aliphatic rings. The monoisotopic (exact) mass is 264 g/mol. The van der Waals surface area contributed by atoms with Crippen LogP contribution >= 0.6 is 0 Å². The molecular weight excluding hydrogens is 240 g/mol. The lowest BCUT2D eigenvalue weighted by atomic mass is 9.87. The van der Waals surface area contributed by atoms with Crippen LogP contribution in [-0.2, 0) is 10.0 Å². The maximum Gasteiger partial charge on any atom is 0.211 e. The summed E-state index contributed by atoms with van der Waals surface area (Å²) in [7, 11) is 0.450. The SMILES string of the molecule is CN(C)CC(C)(O)CNS(=O)(=O)CC1CCC1. The molecule has 17 heavy (non-hydrogen) atoms. The number of nitrogens with one attached hydrogen (secondary N) is 1. The molecule has 1 unspecified atom stereocenters. The maximum absolute atomic E-state index is 11.7. The molecule has 1 aliphatic carbocycles. The van der Waals surface area contributed by atoms with Gasteiger partial charge in [0.2, 0.25) is 10.0 Å². The second kappa shape index (κ2) is 5.65. The average Bonchev–Trinajstić information content (AvgIpc) is 2.07. The summed E-state index contributed by atoms with van der Waals surface area (Å²) in [6.45, 7) is 2.14. The number of hydrogen-bond acceptors (Lipinski definition) is 4. The van der Waals surface area contributed by atoms with Crippen molar-refractivity contribution in [1.82, 2.24) is 9.62 Å². The van der Waals surface area contributed by atoms with Crippen LogP contribution in [0.4, 0.5) is 0 Å². The predicted molar refractivity (Wildman–Crippen MR) is 68.3 cm³/mol. The van der Waals surface area contributed by atoms with Crippen molar-refractivity contribution in [2.24, 2.45) is 5.92 Å². The van der Waals surface area contributed by atoms with Crippen LogP contribution in [0.3, 0.4) is 0 Å². The third-order valence-corrected chi connectivity index (χ3v) is 4.50. The number of hydrogen-bond donors (Lipinski definition) is 2. The summed E-state index contributed by atoms with van der Waals surface area (Å²) in [5.41, 5.74) is -1.03. The Morgan fingerprint density at radius 1 is 1.41 bits per heavy atom. The van der Waals surface area contributed by atoms with Crippen molar-refractivity contribution < 1.29 is 13.5 Å². The Kier molecular flexibility index (Phi) is 4.95. The highest BCUT2D eigenvalue weighted by Crippen LogP contribution is 2.27. The fourth-order valence-electron chi connectivity index (χ4n) is 2.03. The van der Waals surface area contributed by atoms with Crippen LogP contribution in [0.15, 0.2) is 0 Å². The van der Waals surface area contributed by atoms with Gasteiger partial charge in [-0.05, 0) is 39.8 Å². The molecule has 0 aromatic heterocycles. The van der Waals surface area contributed by atoms with E-state index in [2.05, 4.69) is 4.72 Å². The van der Waals surface area contributed by atoms with Gasteiger partial charge < -0.3 is 10.0 Å². The van der Waals surface area contributed by atoms with Crippen LogP contribution in [0, 0.1) is 5.92 Å². The molecule has 0 amide bonds. The Labute approximate surface area is 104 Å². The summed E-state index contributed by atoms with van der Waals surface area (Å²) < 4.78 is 26.0. The predicted octanol–water partition coefficient (Wildman–Crippen LogP) is 0.0185. The van der Waals surface area contributed by atoms with E-state index in [1.54, 1.807) is 6.92 Å². The Hall–Kier alpha value is -0.170. The van der Waals surface area contributed by atoms with E-state index in [1.165, 1.54) is 0 Å². The van der Waals surface area contributed by atoms with Gasteiger partial charge in [0, 0.05) is 13.1 Å². The summed E-state index contributed by atoms with van der Waals surface area (Å²) in [4.78, 5) is 1.83. The van der Waals surface area contributed by atoms with Gasteiger partial charge in [-0.25, -0.2) is 13.1 Å². The Balaban J connectivity index is 2.37. The van der Waals surface area contributed by atoms with E-state index in [4.69, 9.17) is 0 Å². The average molecular weight is 264 g/mol. The maximum atomic E-state index is 11.7. The number of likely N-dealkylation sites (N-methyl/N-ethyl adjacent to an activating group) is 1. The van der Waals surface area contributed by atoms with Gasteiger partial charge in [-0.3, -0.25) is 0 Å². The van der Waals surface area contributed by atoms with Crippen molar-refractivity contribution in [3.05, 3.63) is 0 Å². The second-order valence-corrected chi connectivity index (χ2v) is 7.49. The highest BCUT2D eigenvalue weighted by Gasteiger charge is 2.27. The van der Waals surface area contributed by atoms with Crippen molar-refractivity contribution in [1.29, 1.82) is 0 Å². The Morgan fingerprint density at radius 2 is 2.00 bits per heavy atom. The molecule has 102 valence electrons. The molecule has 0 saturated heterocycles. The lowest BCUT2D eigenvalue weighted by molar-refractivity contribution is 0.0385. The first kappa shape index (κ1) is 14.9. The first-order valence-electron chi connectivity index (χ1n) is 6.05. The number of rotatable bonds is 7. The topological polar surface area (TPSA) is 69.6 Å². The lowest BCUT2D eigenvalue weighted by Crippen LogP contribution is -2.48. The van der Waals surface area contributed by atoms with E-state index >= 15 is 0 Å². The van der Waals surface area contributed by atoms with E-state index in [-0.39, 0.29) is 12.3 Å². The molecule has 0 aromatic rings. The van der Waals surface area contributed by atoms with Crippen molar-refractivity contribution in [3.8, 4) is 0 Å². The van der Waals surface area contributed by atoms with Gasteiger partial charge in [-0.1, -0.05) is 6.42 Å². The highest BCUT2D eigenvalue weighted by molar-refractivity contribution is 7.89. The van der Waals surface area contributed by atoms with Crippen molar-refractivity contribution in [3.63, 3.8) is 0 Å². The molecule has 0 heterocycles. The smallest absolute Gasteiger partial charge is 0.211 e. The van der Waals surface area contributed by atoms with E-state index in [0.29, 0.717) is 12.5 Å². The molecule has 1 fully saturated rings. The molecule has 0 spiro atoms. The molecule has 6 heteroatoms. The minimum Gasteiger partial charge on any atom is -0.387 e. The van der Waals surface area contributed by atoms with Crippen LogP contribution in [0.2, 0.25) is 0 Å². The van der Waals surface area contributed by atoms with Crippen molar-refractivity contribution in [2.75, 3.05) is 32.9 Å². The molecular formula is C11H24N2O3S. The summed E-state index contributed by atoms with van der Waals surface area (Å²) in [5.74, 6) is 0.511. The third-order valence-electron chi connectivity index (χ3n) is 3.01. The van der Waals surface area contributed by atoms with Crippen molar-refractivity contribution >= 4 is 10.0 Å². The first-order chi connectivity index (χ1) is 7.70. The molecule has 0 aromatic carbocycles. The van der Waals surface area contributed by atoms with Crippen LogP contribution in [-0.4, -0.2) is 57.0 Å². The fourth-order valence-corrected chi connectivity index (χ4v) is 3.63. The van der Waals surface area contributed by atoms with E-state index in [0.717, 1.165) is 19.3 Å². The molecule has 5 nitrogen and oxygen atoms in total. The molecule has 1 atom stereocenters. The standard InChI is InChI=1S/C11H24N2O3S/c1-11(14,9-13(2)3)8-12-17(15,16)7-10-5-4-6-10/h10,12,14H,4-9H2,1-3H3. The summed E-state index contributed by atoms with van der Waals surface area (Å²) in [6.07, 6.45) is 3.16. The fraction of sp³-hybridized carbons (Fsp3) is 1.00. The highest BCUT2D eigenvalue weighted by atomic mass is 32.2. The normalized spacial score (nSPS) is 21.2. The van der Waals surface area contributed by atoms with Gasteiger partial charge in [0.05, 0.1) is 11.4 Å². The quantitative estimate of drug-likeness (QED) is 0.680. The summed E-state index contributed by atoms with van der Waals surface area (Å²) >= 11 is 0. The zero-order valence-corrected chi connectivity index (χ0v) is 11.8. The van der Waals surface area contributed by atoms with Crippen LogP contribution < -0.4 is 4.72 Å². The minimum absolute atomic E-state index is 0.0697. The van der Waals surface area contributed by atoms with Crippen LogP contribution in [0.1, 0.15) is 26.2 Å². The molecule has 1 rings (SSSR count). The Bertz CT molecular complexity index is 335. The molecule has 1 saturated carbocycles. The molecule has 0 radical (unpaired) electrons. The largest absolute Gasteiger partial charge is 0.387 e. The zero-order chi connectivity index (χ0) is 13.1. The third kappa shape index (κ3) is 5.81. The van der Waals surface area contributed by atoms with Gasteiger partial charge >= 0.3 is 0 Å². The first-order valence-corrected chi connectivity index (χ1v) is 7.70. The number of aliphatic hydroxyl groups is 1. The van der Waals surface area contributed by atoms with Crippen LogP contribution in [0.5, 0.6) is 0 Å². The van der Waals surface area contributed by atoms with Crippen LogP contribution in [0.25, 0.3) is 0 Å². The second-order valence-electron chi connectivity index (χ2n) is 5.63. The summed E-state index contributed by atoms with van der Waals surface area (Å²) in [5, 5.41) is 9.98. The van der Waals surface area contributed by atoms with E-state index in [1.807, 2.05) is 19.0 Å². The van der Waals surface area contributed by atoms with Gasteiger partial charge in [0.15, 0.2) is 0 Å². The molecule has 0 bridgehead atoms.